The number of aromatic amines is 1. The number of aromatic nitrogens is 1. The van der Waals surface area contributed by atoms with Gasteiger partial charge >= 0.3 is 6.03 Å². The molecular formula is C26H24FN3O. The van der Waals surface area contributed by atoms with Crippen molar-refractivity contribution in [1.29, 1.82) is 0 Å². The highest BCUT2D eigenvalue weighted by Crippen LogP contribution is 2.38. The molecule has 2 amide bonds. The van der Waals surface area contributed by atoms with Gasteiger partial charge in [-0.05, 0) is 53.8 Å². The van der Waals surface area contributed by atoms with Gasteiger partial charge in [0.1, 0.15) is 5.82 Å². The summed E-state index contributed by atoms with van der Waals surface area (Å²) in [5.74, 6) is -0.288. The molecule has 0 fully saturated rings. The summed E-state index contributed by atoms with van der Waals surface area (Å²) in [7, 11) is 0. The Labute approximate surface area is 180 Å². The quantitative estimate of drug-likeness (QED) is 0.422. The molecule has 5 rings (SSSR count). The highest BCUT2D eigenvalue weighted by atomic mass is 19.1. The number of anilines is 1. The van der Waals surface area contributed by atoms with Crippen LogP contribution in [0.3, 0.4) is 0 Å². The Kier molecular flexibility index (Phi) is 4.94. The second-order valence-corrected chi connectivity index (χ2v) is 7.90. The van der Waals surface area contributed by atoms with Crippen LogP contribution < -0.4 is 5.32 Å². The number of nitrogens with zero attached hydrogens (tertiary/aromatic N) is 1. The average Bonchev–Trinajstić information content (AvgIpc) is 3.18. The maximum absolute atomic E-state index is 13.6. The summed E-state index contributed by atoms with van der Waals surface area (Å²) in [6.45, 7) is 2.65. The Bertz CT molecular complexity index is 1250. The molecule has 2 N–H and O–H groups in total. The normalized spacial score (nSPS) is 15.7. The van der Waals surface area contributed by atoms with Crippen LogP contribution in [0.15, 0.2) is 72.8 Å². The first kappa shape index (κ1) is 19.4. The third-order valence-corrected chi connectivity index (χ3v) is 6.12. The molecule has 1 unspecified atom stereocenters. The van der Waals surface area contributed by atoms with Crippen molar-refractivity contribution in [2.45, 2.75) is 25.8 Å². The van der Waals surface area contributed by atoms with Gasteiger partial charge in [0.15, 0.2) is 0 Å². The fourth-order valence-corrected chi connectivity index (χ4v) is 4.59. The summed E-state index contributed by atoms with van der Waals surface area (Å²) < 4.78 is 13.6. The molecule has 0 radical (unpaired) electrons. The van der Waals surface area contributed by atoms with E-state index >= 15 is 0 Å². The molecule has 3 aromatic carbocycles. The molecule has 0 spiro atoms. The highest BCUT2D eigenvalue weighted by Gasteiger charge is 2.34. The molecular weight excluding hydrogens is 389 g/mol. The molecule has 4 aromatic rings. The Balaban J connectivity index is 1.57. The van der Waals surface area contributed by atoms with E-state index in [9.17, 15) is 9.18 Å². The summed E-state index contributed by atoms with van der Waals surface area (Å²) in [5, 5.41) is 4.29. The van der Waals surface area contributed by atoms with Gasteiger partial charge in [0, 0.05) is 28.8 Å². The minimum absolute atomic E-state index is 0.153. The lowest BCUT2D eigenvalue weighted by atomic mass is 9.92. The molecule has 5 heteroatoms. The van der Waals surface area contributed by atoms with Crippen LogP contribution in [0.2, 0.25) is 0 Å². The Morgan fingerprint density at radius 3 is 2.61 bits per heavy atom. The van der Waals surface area contributed by atoms with Crippen LogP contribution in [-0.2, 0) is 12.8 Å². The molecule has 1 aliphatic rings. The van der Waals surface area contributed by atoms with Crippen LogP contribution in [0.1, 0.15) is 35.3 Å². The first-order valence-corrected chi connectivity index (χ1v) is 10.7. The number of para-hydroxylation sites is 2. The van der Waals surface area contributed by atoms with Crippen LogP contribution in [0.25, 0.3) is 10.9 Å². The van der Waals surface area contributed by atoms with E-state index in [-0.39, 0.29) is 17.9 Å². The number of urea groups is 1. The van der Waals surface area contributed by atoms with E-state index in [4.69, 9.17) is 0 Å². The molecule has 0 saturated carbocycles. The van der Waals surface area contributed by atoms with E-state index in [1.165, 1.54) is 23.1 Å². The van der Waals surface area contributed by atoms with Gasteiger partial charge in [0.05, 0.1) is 6.04 Å². The molecule has 1 aliphatic heterocycles. The zero-order valence-corrected chi connectivity index (χ0v) is 17.4. The lowest BCUT2D eigenvalue weighted by Gasteiger charge is -2.36. The van der Waals surface area contributed by atoms with Crippen molar-refractivity contribution >= 4 is 22.6 Å². The van der Waals surface area contributed by atoms with E-state index in [2.05, 4.69) is 29.4 Å². The molecule has 0 saturated heterocycles. The van der Waals surface area contributed by atoms with Crippen molar-refractivity contribution in [2.75, 3.05) is 11.9 Å². The fourth-order valence-electron chi connectivity index (χ4n) is 4.59. The molecule has 2 heterocycles. The van der Waals surface area contributed by atoms with Crippen molar-refractivity contribution in [3.05, 3.63) is 101 Å². The SMILES string of the molecule is CCc1ccccc1NC(=O)N1CCc2c([nH]c3ccccc23)C1c1ccc(F)cc1. The second-order valence-electron chi connectivity index (χ2n) is 7.90. The van der Waals surface area contributed by atoms with E-state index in [1.54, 1.807) is 12.1 Å². The van der Waals surface area contributed by atoms with Crippen molar-refractivity contribution in [3.8, 4) is 0 Å². The molecule has 1 aromatic heterocycles. The minimum atomic E-state index is -0.314. The van der Waals surface area contributed by atoms with Crippen molar-refractivity contribution < 1.29 is 9.18 Å². The van der Waals surface area contributed by atoms with Gasteiger partial charge in [-0.25, -0.2) is 9.18 Å². The number of H-pyrrole nitrogens is 1. The number of nitrogens with one attached hydrogen (secondary N) is 2. The number of benzene rings is 3. The van der Waals surface area contributed by atoms with Crippen LogP contribution >= 0.6 is 0 Å². The minimum Gasteiger partial charge on any atom is -0.356 e. The summed E-state index contributed by atoms with van der Waals surface area (Å²) >= 11 is 0. The van der Waals surface area contributed by atoms with Crippen LogP contribution in [0.4, 0.5) is 14.9 Å². The first-order chi connectivity index (χ1) is 15.2. The summed E-state index contributed by atoms with van der Waals surface area (Å²) in [4.78, 5) is 18.8. The van der Waals surface area contributed by atoms with Gasteiger partial charge in [-0.1, -0.05) is 55.5 Å². The number of aryl methyl sites for hydroxylation is 1. The number of amides is 2. The van der Waals surface area contributed by atoms with Gasteiger partial charge in [-0.2, -0.15) is 0 Å². The number of carbonyl (C=O) groups is 1. The molecule has 0 aliphatic carbocycles. The Hall–Kier alpha value is -3.60. The molecule has 31 heavy (non-hydrogen) atoms. The third kappa shape index (κ3) is 3.46. The standard InChI is InChI=1S/C26H24FN3O/c1-2-17-7-3-5-9-22(17)29-26(31)30-16-15-21-20-8-4-6-10-23(20)28-24(21)25(30)18-11-13-19(27)14-12-18/h3-14,25,28H,2,15-16H2,1H3,(H,29,31). The van der Waals surface area contributed by atoms with Crippen LogP contribution in [0, 0.1) is 5.82 Å². The summed E-state index contributed by atoms with van der Waals surface area (Å²) in [5.41, 5.74) is 6.08. The zero-order valence-electron chi connectivity index (χ0n) is 17.4. The largest absolute Gasteiger partial charge is 0.356 e. The lowest BCUT2D eigenvalue weighted by Crippen LogP contribution is -2.43. The molecule has 1 atom stereocenters. The summed E-state index contributed by atoms with van der Waals surface area (Å²) in [6.07, 6.45) is 1.60. The maximum atomic E-state index is 13.6. The number of hydrogen-bond acceptors (Lipinski definition) is 1. The van der Waals surface area contributed by atoms with Crippen LogP contribution in [-0.4, -0.2) is 22.5 Å². The lowest BCUT2D eigenvalue weighted by molar-refractivity contribution is 0.193. The molecule has 156 valence electrons. The van der Waals surface area contributed by atoms with E-state index in [0.29, 0.717) is 6.54 Å². The monoisotopic (exact) mass is 413 g/mol. The van der Waals surface area contributed by atoms with Crippen molar-refractivity contribution in [3.63, 3.8) is 0 Å². The van der Waals surface area contributed by atoms with Crippen molar-refractivity contribution in [1.82, 2.24) is 9.88 Å². The van der Waals surface area contributed by atoms with E-state index < -0.39 is 0 Å². The number of carbonyl (C=O) groups excluding carboxylic acids is 1. The van der Waals surface area contributed by atoms with Gasteiger partial charge in [0.25, 0.3) is 0 Å². The number of rotatable bonds is 3. The van der Waals surface area contributed by atoms with Gasteiger partial charge < -0.3 is 15.2 Å². The van der Waals surface area contributed by atoms with Gasteiger partial charge in [0.2, 0.25) is 0 Å². The molecule has 4 nitrogen and oxygen atoms in total. The predicted molar refractivity (Wildman–Crippen MR) is 122 cm³/mol. The number of halogens is 1. The third-order valence-electron chi connectivity index (χ3n) is 6.12. The first-order valence-electron chi connectivity index (χ1n) is 10.7. The number of fused-ring (bicyclic) bond motifs is 3. The van der Waals surface area contributed by atoms with Gasteiger partial charge in [-0.15, -0.1) is 0 Å². The Morgan fingerprint density at radius 2 is 1.81 bits per heavy atom. The number of hydrogen-bond donors (Lipinski definition) is 2. The summed E-state index contributed by atoms with van der Waals surface area (Å²) in [6, 6.07) is 22.0. The topological polar surface area (TPSA) is 48.1 Å². The fraction of sp³-hybridized carbons (Fsp3) is 0.192. The highest BCUT2D eigenvalue weighted by molar-refractivity contribution is 5.92. The maximum Gasteiger partial charge on any atom is 0.322 e. The smallest absolute Gasteiger partial charge is 0.322 e. The predicted octanol–water partition coefficient (Wildman–Crippen LogP) is 6.05. The van der Waals surface area contributed by atoms with Crippen molar-refractivity contribution in [2.24, 2.45) is 0 Å². The second kappa shape index (κ2) is 7.91. The Morgan fingerprint density at radius 1 is 1.06 bits per heavy atom. The van der Waals surface area contributed by atoms with Gasteiger partial charge in [-0.3, -0.25) is 0 Å². The zero-order chi connectivity index (χ0) is 21.4. The average molecular weight is 413 g/mol. The van der Waals surface area contributed by atoms with E-state index in [0.717, 1.165) is 40.9 Å². The molecule has 0 bridgehead atoms. The van der Waals surface area contributed by atoms with Crippen LogP contribution in [0.5, 0.6) is 0 Å². The van der Waals surface area contributed by atoms with E-state index in [1.807, 2.05) is 41.3 Å².